The Balaban J connectivity index is 1.42. The molecule has 0 aliphatic carbocycles. The molecule has 0 aliphatic rings. The van der Waals surface area contributed by atoms with Crippen molar-refractivity contribution in [1.29, 1.82) is 0 Å². The molecule has 1 unspecified atom stereocenters. The van der Waals surface area contributed by atoms with Crippen LogP contribution in [0.5, 0.6) is 11.5 Å². The van der Waals surface area contributed by atoms with Crippen molar-refractivity contribution in [2.24, 2.45) is 0 Å². The van der Waals surface area contributed by atoms with Crippen molar-refractivity contribution in [2.45, 2.75) is 20.0 Å². The Morgan fingerprint density at radius 1 is 1.03 bits per heavy atom. The number of anilines is 1. The van der Waals surface area contributed by atoms with Gasteiger partial charge in [-0.2, -0.15) is 0 Å². The molecule has 3 aromatic carbocycles. The first-order valence-electron chi connectivity index (χ1n) is 10.5. The molecule has 1 atom stereocenters. The molecule has 7 heteroatoms. The number of ether oxygens (including phenoxy) is 3. The van der Waals surface area contributed by atoms with Gasteiger partial charge in [-0.25, -0.2) is 9.78 Å². The fourth-order valence-corrected chi connectivity index (χ4v) is 3.28. The topological polar surface area (TPSA) is 74.6 Å². The minimum absolute atomic E-state index is 0.0327. The molecule has 164 valence electrons. The molecule has 1 aromatic heterocycles. The van der Waals surface area contributed by atoms with Crippen LogP contribution in [0, 0.1) is 0 Å². The van der Waals surface area contributed by atoms with E-state index in [0.717, 1.165) is 22.5 Å². The first kappa shape index (κ1) is 21.4. The van der Waals surface area contributed by atoms with E-state index in [-0.39, 0.29) is 6.10 Å². The van der Waals surface area contributed by atoms with E-state index in [9.17, 15) is 4.79 Å². The van der Waals surface area contributed by atoms with Gasteiger partial charge in [0.15, 0.2) is 0 Å². The summed E-state index contributed by atoms with van der Waals surface area (Å²) >= 11 is 0. The number of rotatable bonds is 8. The smallest absolute Gasteiger partial charge is 0.417 e. The molecule has 1 N–H and O–H groups in total. The number of hydrogen-bond acceptors (Lipinski definition) is 5. The summed E-state index contributed by atoms with van der Waals surface area (Å²) in [5.41, 5.74) is 3.35. The summed E-state index contributed by atoms with van der Waals surface area (Å²) in [5, 5.41) is 2.73. The van der Waals surface area contributed by atoms with Crippen LogP contribution >= 0.6 is 0 Å². The Labute approximate surface area is 186 Å². The highest BCUT2D eigenvalue weighted by molar-refractivity contribution is 5.86. The minimum Gasteiger partial charge on any atom is -0.491 e. The summed E-state index contributed by atoms with van der Waals surface area (Å²) in [6.07, 6.45) is 1.26. The molecule has 0 aliphatic heterocycles. The van der Waals surface area contributed by atoms with Crippen LogP contribution in [0.4, 0.5) is 10.5 Å². The van der Waals surface area contributed by atoms with E-state index in [1.165, 1.54) is 0 Å². The second-order valence-corrected chi connectivity index (χ2v) is 7.22. The molecule has 0 spiro atoms. The van der Waals surface area contributed by atoms with Gasteiger partial charge in [-0.05, 0) is 62.4 Å². The number of benzene rings is 3. The van der Waals surface area contributed by atoms with E-state index in [1.54, 1.807) is 18.5 Å². The van der Waals surface area contributed by atoms with Crippen LogP contribution in [-0.4, -0.2) is 35.0 Å². The van der Waals surface area contributed by atoms with Crippen molar-refractivity contribution < 1.29 is 19.0 Å². The Hall–Kier alpha value is -3.84. The molecular formula is C25H25N3O4. The predicted molar refractivity (Wildman–Crippen MR) is 124 cm³/mol. The van der Waals surface area contributed by atoms with Crippen LogP contribution in [0.3, 0.4) is 0 Å². The van der Waals surface area contributed by atoms with Crippen LogP contribution in [0.2, 0.25) is 0 Å². The largest absolute Gasteiger partial charge is 0.491 e. The van der Waals surface area contributed by atoms with Crippen LogP contribution in [-0.2, 0) is 4.74 Å². The minimum atomic E-state index is -0.539. The SMILES string of the molecule is CCOC(C)COc1ccc2c(c1)ncn2-c1ccc(NC(=O)Oc2ccccc2)cc1. The van der Waals surface area contributed by atoms with E-state index in [1.807, 2.05) is 79.1 Å². The average Bonchev–Trinajstić information content (AvgIpc) is 3.22. The zero-order chi connectivity index (χ0) is 22.3. The summed E-state index contributed by atoms with van der Waals surface area (Å²) in [7, 11) is 0. The van der Waals surface area contributed by atoms with Crippen molar-refractivity contribution in [3.05, 3.63) is 79.1 Å². The Bertz CT molecular complexity index is 1170. The number of imidazole rings is 1. The van der Waals surface area contributed by atoms with Crippen molar-refractivity contribution in [3.8, 4) is 17.2 Å². The van der Waals surface area contributed by atoms with Gasteiger partial charge in [0, 0.05) is 24.0 Å². The van der Waals surface area contributed by atoms with Gasteiger partial charge < -0.3 is 14.2 Å². The molecule has 1 amide bonds. The quantitative estimate of drug-likeness (QED) is 0.402. The zero-order valence-corrected chi connectivity index (χ0v) is 18.0. The lowest BCUT2D eigenvalue weighted by molar-refractivity contribution is 0.0402. The number of nitrogens with zero attached hydrogens (tertiary/aromatic N) is 2. The fraction of sp³-hybridized carbons (Fsp3) is 0.200. The first-order valence-corrected chi connectivity index (χ1v) is 10.5. The summed E-state index contributed by atoms with van der Waals surface area (Å²) < 4.78 is 18.5. The maximum absolute atomic E-state index is 12.1. The lowest BCUT2D eigenvalue weighted by Gasteiger charge is -2.13. The van der Waals surface area contributed by atoms with Gasteiger partial charge in [0.05, 0.1) is 17.1 Å². The number of para-hydroxylation sites is 1. The summed E-state index contributed by atoms with van der Waals surface area (Å²) in [6, 6.07) is 22.2. The fourth-order valence-electron chi connectivity index (χ4n) is 3.28. The third-order valence-electron chi connectivity index (χ3n) is 4.80. The molecule has 32 heavy (non-hydrogen) atoms. The van der Waals surface area contributed by atoms with Gasteiger partial charge in [-0.15, -0.1) is 0 Å². The molecule has 0 bridgehead atoms. The number of fused-ring (bicyclic) bond motifs is 1. The number of nitrogens with one attached hydrogen (secondary N) is 1. The van der Waals surface area contributed by atoms with E-state index in [4.69, 9.17) is 14.2 Å². The molecule has 4 rings (SSSR count). The molecule has 1 heterocycles. The third kappa shape index (κ3) is 5.25. The maximum Gasteiger partial charge on any atom is 0.417 e. The van der Waals surface area contributed by atoms with Crippen LogP contribution in [0.15, 0.2) is 79.1 Å². The van der Waals surface area contributed by atoms with Gasteiger partial charge in [0.2, 0.25) is 0 Å². The monoisotopic (exact) mass is 431 g/mol. The second kappa shape index (κ2) is 9.98. The Morgan fingerprint density at radius 3 is 2.56 bits per heavy atom. The van der Waals surface area contributed by atoms with Crippen LogP contribution in [0.1, 0.15) is 13.8 Å². The van der Waals surface area contributed by atoms with Crippen molar-refractivity contribution >= 4 is 22.8 Å². The molecule has 0 radical (unpaired) electrons. The molecule has 7 nitrogen and oxygen atoms in total. The van der Waals surface area contributed by atoms with Gasteiger partial charge in [-0.1, -0.05) is 18.2 Å². The van der Waals surface area contributed by atoms with Gasteiger partial charge in [0.25, 0.3) is 0 Å². The standard InChI is InChI=1S/C25H25N3O4/c1-3-30-18(2)16-31-22-13-14-24-23(15-22)26-17-28(24)20-11-9-19(10-12-20)27-25(29)32-21-7-5-4-6-8-21/h4-15,17-18H,3,16H2,1-2H3,(H,27,29). The lowest BCUT2D eigenvalue weighted by Crippen LogP contribution is -2.17. The highest BCUT2D eigenvalue weighted by atomic mass is 16.6. The van der Waals surface area contributed by atoms with E-state index < -0.39 is 6.09 Å². The van der Waals surface area contributed by atoms with Crippen LogP contribution in [0.25, 0.3) is 16.7 Å². The van der Waals surface area contributed by atoms with E-state index in [0.29, 0.717) is 24.7 Å². The van der Waals surface area contributed by atoms with Crippen molar-refractivity contribution in [1.82, 2.24) is 9.55 Å². The lowest BCUT2D eigenvalue weighted by atomic mass is 10.2. The summed E-state index contributed by atoms with van der Waals surface area (Å²) in [5.74, 6) is 1.24. The number of carbonyl (C=O) groups is 1. The second-order valence-electron chi connectivity index (χ2n) is 7.22. The zero-order valence-electron chi connectivity index (χ0n) is 18.0. The summed E-state index contributed by atoms with van der Waals surface area (Å²) in [4.78, 5) is 16.6. The molecule has 0 saturated carbocycles. The number of amides is 1. The highest BCUT2D eigenvalue weighted by Crippen LogP contribution is 2.24. The van der Waals surface area contributed by atoms with Gasteiger partial charge in [0.1, 0.15) is 24.4 Å². The Kier molecular flexibility index (Phi) is 6.67. The summed E-state index contributed by atoms with van der Waals surface area (Å²) in [6.45, 7) is 5.10. The van der Waals surface area contributed by atoms with E-state index >= 15 is 0 Å². The van der Waals surface area contributed by atoms with E-state index in [2.05, 4.69) is 10.3 Å². The normalized spacial score (nSPS) is 11.8. The van der Waals surface area contributed by atoms with Crippen molar-refractivity contribution in [3.63, 3.8) is 0 Å². The van der Waals surface area contributed by atoms with Crippen LogP contribution < -0.4 is 14.8 Å². The predicted octanol–water partition coefficient (Wildman–Crippen LogP) is 5.44. The molecule has 0 fully saturated rings. The number of hydrogen-bond donors (Lipinski definition) is 1. The van der Waals surface area contributed by atoms with Gasteiger partial charge >= 0.3 is 6.09 Å². The molecular weight excluding hydrogens is 406 g/mol. The van der Waals surface area contributed by atoms with Gasteiger partial charge in [-0.3, -0.25) is 9.88 Å². The first-order chi connectivity index (χ1) is 15.6. The number of carbonyl (C=O) groups excluding carboxylic acids is 1. The number of aromatic nitrogens is 2. The van der Waals surface area contributed by atoms with Crippen molar-refractivity contribution in [2.75, 3.05) is 18.5 Å². The third-order valence-corrected chi connectivity index (χ3v) is 4.80. The maximum atomic E-state index is 12.1. The average molecular weight is 431 g/mol. The molecule has 0 saturated heterocycles. The highest BCUT2D eigenvalue weighted by Gasteiger charge is 2.09. The Morgan fingerprint density at radius 2 is 1.81 bits per heavy atom. The molecule has 4 aromatic rings.